The van der Waals surface area contributed by atoms with Gasteiger partial charge in [0.25, 0.3) is 0 Å². The molecule has 10 heteroatoms. The maximum Gasteiger partial charge on any atom is 0.353 e. The highest BCUT2D eigenvalue weighted by Gasteiger charge is 2.60. The van der Waals surface area contributed by atoms with Crippen LogP contribution < -0.4 is 11.1 Å². The fraction of sp³-hybridized carbons (Fsp3) is 0.773. The first-order valence-corrected chi connectivity index (χ1v) is 12.5. The van der Waals surface area contributed by atoms with E-state index < -0.39 is 18.0 Å². The highest BCUT2D eigenvalue weighted by Crippen LogP contribution is 2.52. The maximum atomic E-state index is 12.5. The third-order valence-electron chi connectivity index (χ3n) is 7.56. The highest BCUT2D eigenvalue weighted by molar-refractivity contribution is 8.03. The average Bonchev–Trinajstić information content (AvgIpc) is 3.24. The normalized spacial score (nSPS) is 36.1. The summed E-state index contributed by atoms with van der Waals surface area (Å²) in [7, 11) is 0. The first-order valence-electron chi connectivity index (χ1n) is 11.7. The summed E-state index contributed by atoms with van der Waals surface area (Å²) in [6.07, 6.45) is 4.58. The second-order valence-electron chi connectivity index (χ2n) is 9.84. The van der Waals surface area contributed by atoms with E-state index in [0.29, 0.717) is 17.2 Å². The van der Waals surface area contributed by atoms with E-state index in [2.05, 4.69) is 10.2 Å². The number of aliphatic carboxylic acids is 1. The lowest BCUT2D eigenvalue weighted by Crippen LogP contribution is -2.63. The van der Waals surface area contributed by atoms with Crippen LogP contribution in [-0.2, 0) is 9.59 Å². The Balaban J connectivity index is 1.33. The first-order chi connectivity index (χ1) is 15.2. The van der Waals surface area contributed by atoms with Gasteiger partial charge in [-0.05, 0) is 51.5 Å². The van der Waals surface area contributed by atoms with Gasteiger partial charge < -0.3 is 31.1 Å². The van der Waals surface area contributed by atoms with E-state index >= 15 is 0 Å². The second kappa shape index (κ2) is 9.23. The molecule has 1 aliphatic carbocycles. The molecule has 0 spiro atoms. The lowest BCUT2D eigenvalue weighted by atomic mass is 9.79. The molecule has 9 nitrogen and oxygen atoms in total. The van der Waals surface area contributed by atoms with Crippen LogP contribution in [0.25, 0.3) is 0 Å². The summed E-state index contributed by atoms with van der Waals surface area (Å²) in [5, 5.41) is 30.6. The van der Waals surface area contributed by atoms with E-state index in [9.17, 15) is 19.8 Å². The minimum atomic E-state index is -1.05. The standard InChI is InChI=1S/C22H35N5O4S/c1-11-17-16(12(2)28)20(29)27(17)18(21(30)31)19(11)32-15-7-8-26(10-15)9-13-3-5-14(6-4-13)25-22(23)24/h11-17,28H,3-10H2,1-2H3,(H,30,31)(H4,23,24,25)/t11-,12-,13-,14-,15-,16-,17-/m1/s1. The summed E-state index contributed by atoms with van der Waals surface area (Å²) in [5.74, 6) is -1.20. The summed E-state index contributed by atoms with van der Waals surface area (Å²) >= 11 is 1.63. The van der Waals surface area contributed by atoms with Crippen molar-refractivity contribution in [2.45, 2.75) is 69.4 Å². The highest BCUT2D eigenvalue weighted by atomic mass is 32.2. The number of rotatable bonds is 7. The van der Waals surface area contributed by atoms with E-state index in [1.54, 1.807) is 18.7 Å². The topological polar surface area (TPSA) is 143 Å². The molecule has 0 bridgehead atoms. The van der Waals surface area contributed by atoms with Crippen molar-refractivity contribution in [1.82, 2.24) is 15.1 Å². The van der Waals surface area contributed by atoms with Crippen LogP contribution in [0.15, 0.2) is 10.6 Å². The predicted molar refractivity (Wildman–Crippen MR) is 123 cm³/mol. The quantitative estimate of drug-likeness (QED) is 0.213. The number of aliphatic hydroxyl groups excluding tert-OH is 1. The maximum absolute atomic E-state index is 12.5. The van der Waals surface area contributed by atoms with Crippen LogP contribution in [0.5, 0.6) is 0 Å². The lowest BCUT2D eigenvalue weighted by molar-refractivity contribution is -0.163. The van der Waals surface area contributed by atoms with Gasteiger partial charge in [0.05, 0.1) is 18.1 Å². The number of nitrogens with two attached hydrogens (primary N) is 1. The summed E-state index contributed by atoms with van der Waals surface area (Å²) < 4.78 is 0. The first kappa shape index (κ1) is 23.4. The van der Waals surface area contributed by atoms with Gasteiger partial charge in [-0.2, -0.15) is 0 Å². The summed E-state index contributed by atoms with van der Waals surface area (Å²) in [6.45, 7) is 6.59. The Morgan fingerprint density at radius 3 is 2.59 bits per heavy atom. The van der Waals surface area contributed by atoms with Crippen LogP contribution in [0.4, 0.5) is 0 Å². The fourth-order valence-electron chi connectivity index (χ4n) is 5.99. The number of likely N-dealkylation sites (tertiary alicyclic amines) is 1. The van der Waals surface area contributed by atoms with Crippen LogP contribution in [0.1, 0.15) is 46.0 Å². The van der Waals surface area contributed by atoms with Gasteiger partial charge >= 0.3 is 5.97 Å². The molecule has 178 valence electrons. The zero-order valence-electron chi connectivity index (χ0n) is 18.8. The number of carboxylic acid groups (broad SMARTS) is 1. The molecule has 32 heavy (non-hydrogen) atoms. The van der Waals surface area contributed by atoms with Gasteiger partial charge in [-0.25, -0.2) is 4.79 Å². The fourth-order valence-corrected chi connectivity index (χ4v) is 7.51. The summed E-state index contributed by atoms with van der Waals surface area (Å²) in [6, 6.07) is 0.0711. The molecule has 2 saturated heterocycles. The molecule has 4 aliphatic rings. The van der Waals surface area contributed by atoms with Crippen molar-refractivity contribution >= 4 is 29.6 Å². The predicted octanol–water partition coefficient (Wildman–Crippen LogP) is 0.989. The molecule has 3 fully saturated rings. The van der Waals surface area contributed by atoms with Gasteiger partial charge in [-0.1, -0.05) is 6.92 Å². The third kappa shape index (κ3) is 4.36. The van der Waals surface area contributed by atoms with Crippen molar-refractivity contribution in [3.05, 3.63) is 10.6 Å². The largest absolute Gasteiger partial charge is 0.477 e. The minimum absolute atomic E-state index is 0.0512. The van der Waals surface area contributed by atoms with Gasteiger partial charge in [-0.15, -0.1) is 11.8 Å². The Hall–Kier alpha value is -1.78. The van der Waals surface area contributed by atoms with Crippen molar-refractivity contribution in [3.8, 4) is 0 Å². The second-order valence-corrected chi connectivity index (χ2v) is 11.2. The number of hydrogen-bond donors (Lipinski definition) is 5. The molecule has 5 atom stereocenters. The van der Waals surface area contributed by atoms with E-state index in [0.717, 1.165) is 56.6 Å². The minimum Gasteiger partial charge on any atom is -0.477 e. The number of β-lactam (4-membered cyclic amide) rings is 1. The molecular formula is C22H35N5O4S. The Morgan fingerprint density at radius 2 is 2.00 bits per heavy atom. The zero-order valence-corrected chi connectivity index (χ0v) is 19.6. The molecule has 1 saturated carbocycles. The van der Waals surface area contributed by atoms with Gasteiger partial charge in [0.1, 0.15) is 5.70 Å². The number of amides is 1. The zero-order chi connectivity index (χ0) is 23.2. The van der Waals surface area contributed by atoms with Crippen molar-refractivity contribution in [2.75, 3.05) is 19.6 Å². The van der Waals surface area contributed by atoms with Crippen molar-refractivity contribution in [1.29, 1.82) is 5.41 Å². The van der Waals surface area contributed by atoms with Crippen molar-refractivity contribution < 1.29 is 19.8 Å². The van der Waals surface area contributed by atoms with Crippen molar-refractivity contribution in [3.63, 3.8) is 0 Å². The molecule has 4 rings (SSSR count). The SMILES string of the molecule is C[C@@H](O)[C@H]1C(=O)N2C(C(=O)O)=C(S[C@@H]3CCN(C[C@H]4CC[C@H](NC(=N)N)CC4)C3)[C@H](C)[C@H]12. The lowest BCUT2D eigenvalue weighted by Gasteiger charge is -2.46. The molecule has 3 aliphatic heterocycles. The van der Waals surface area contributed by atoms with Crippen LogP contribution in [-0.4, -0.2) is 80.9 Å². The number of nitrogens with zero attached hydrogens (tertiary/aromatic N) is 2. The Morgan fingerprint density at radius 1 is 1.31 bits per heavy atom. The Kier molecular flexibility index (Phi) is 6.74. The monoisotopic (exact) mass is 465 g/mol. The van der Waals surface area contributed by atoms with Gasteiger partial charge in [-0.3, -0.25) is 10.2 Å². The number of nitrogens with one attached hydrogen (secondary N) is 2. The average molecular weight is 466 g/mol. The Labute approximate surface area is 193 Å². The molecule has 1 amide bonds. The number of guanidine groups is 1. The van der Waals surface area contributed by atoms with Crippen LogP contribution >= 0.6 is 11.8 Å². The third-order valence-corrected chi connectivity index (χ3v) is 9.09. The van der Waals surface area contributed by atoms with E-state index in [-0.39, 0.29) is 29.5 Å². The molecule has 0 unspecified atom stereocenters. The molecule has 3 heterocycles. The smallest absolute Gasteiger partial charge is 0.353 e. The number of fused-ring (bicyclic) bond motifs is 1. The van der Waals surface area contributed by atoms with Crippen molar-refractivity contribution in [2.24, 2.45) is 23.5 Å². The van der Waals surface area contributed by atoms with Gasteiger partial charge in [0, 0.05) is 35.2 Å². The van der Waals surface area contributed by atoms with E-state index in [4.69, 9.17) is 11.1 Å². The van der Waals surface area contributed by atoms with Crippen LogP contribution in [0.3, 0.4) is 0 Å². The molecular weight excluding hydrogens is 430 g/mol. The molecule has 6 N–H and O–H groups in total. The summed E-state index contributed by atoms with van der Waals surface area (Å²) in [4.78, 5) is 29.2. The van der Waals surface area contributed by atoms with Gasteiger partial charge in [0.2, 0.25) is 5.91 Å². The number of carboxylic acids is 1. The number of thioether (sulfide) groups is 1. The number of aliphatic hydroxyl groups is 1. The van der Waals surface area contributed by atoms with Crippen LogP contribution in [0.2, 0.25) is 0 Å². The van der Waals surface area contributed by atoms with Crippen LogP contribution in [0, 0.1) is 23.2 Å². The van der Waals surface area contributed by atoms with E-state index in [1.165, 1.54) is 4.90 Å². The number of carbonyl (C=O) groups is 2. The summed E-state index contributed by atoms with van der Waals surface area (Å²) in [5.41, 5.74) is 5.58. The van der Waals surface area contributed by atoms with Gasteiger partial charge in [0.15, 0.2) is 5.96 Å². The molecule has 0 aromatic carbocycles. The molecule has 0 radical (unpaired) electrons. The Bertz CT molecular complexity index is 810. The number of carbonyl (C=O) groups excluding carboxylic acids is 1. The number of hydrogen-bond acceptors (Lipinski definition) is 6. The molecule has 0 aromatic heterocycles. The molecule has 0 aromatic rings. The van der Waals surface area contributed by atoms with E-state index in [1.807, 2.05) is 6.92 Å².